The average Bonchev–Trinajstić information content (AvgIpc) is 2.61. The summed E-state index contributed by atoms with van der Waals surface area (Å²) in [5.41, 5.74) is 3.42. The molecule has 0 amide bonds. The van der Waals surface area contributed by atoms with Crippen molar-refractivity contribution in [2.45, 2.75) is 19.3 Å². The quantitative estimate of drug-likeness (QED) is 0.709. The van der Waals surface area contributed by atoms with Crippen LogP contribution in [0, 0.1) is 5.95 Å². The molecular formula is C15H15FN2. The molecule has 2 aromatic rings. The van der Waals surface area contributed by atoms with Gasteiger partial charge in [0.2, 0.25) is 5.95 Å². The predicted octanol–water partition coefficient (Wildman–Crippen LogP) is 3.70. The monoisotopic (exact) mass is 242 g/mol. The van der Waals surface area contributed by atoms with Crippen molar-refractivity contribution < 1.29 is 4.39 Å². The van der Waals surface area contributed by atoms with E-state index in [0.717, 1.165) is 25.1 Å². The van der Waals surface area contributed by atoms with Gasteiger partial charge in [0.05, 0.1) is 0 Å². The maximum atomic E-state index is 13.3. The molecular weight excluding hydrogens is 227 g/mol. The Kier molecular flexibility index (Phi) is 2.97. The lowest BCUT2D eigenvalue weighted by atomic mass is 10.1. The lowest BCUT2D eigenvalue weighted by molar-refractivity contribution is 0.583. The third-order valence-electron chi connectivity index (χ3n) is 3.38. The van der Waals surface area contributed by atoms with Gasteiger partial charge in [-0.1, -0.05) is 18.2 Å². The van der Waals surface area contributed by atoms with Crippen molar-refractivity contribution in [2.24, 2.45) is 0 Å². The van der Waals surface area contributed by atoms with Gasteiger partial charge in [0.25, 0.3) is 0 Å². The summed E-state index contributed by atoms with van der Waals surface area (Å²) in [5.74, 6) is -0.422. The van der Waals surface area contributed by atoms with Crippen LogP contribution in [0.5, 0.6) is 0 Å². The largest absolute Gasteiger partial charge is 0.341 e. The number of anilines is 2. The lowest BCUT2D eigenvalue weighted by Gasteiger charge is -2.24. The number of para-hydroxylation sites is 1. The summed E-state index contributed by atoms with van der Waals surface area (Å²) in [6.07, 6.45) is 4.93. The summed E-state index contributed by atoms with van der Waals surface area (Å²) in [6.45, 7) is 0.931. The number of fused-ring (bicyclic) bond motifs is 1. The van der Waals surface area contributed by atoms with Crippen molar-refractivity contribution in [3.63, 3.8) is 0 Å². The number of hydrogen-bond donors (Lipinski definition) is 0. The molecule has 1 aliphatic heterocycles. The first-order chi connectivity index (χ1) is 8.84. The van der Waals surface area contributed by atoms with Crippen molar-refractivity contribution in [3.05, 3.63) is 54.1 Å². The van der Waals surface area contributed by atoms with Gasteiger partial charge in [0.1, 0.15) is 0 Å². The number of hydrogen-bond acceptors (Lipinski definition) is 2. The van der Waals surface area contributed by atoms with Crippen LogP contribution in [0.2, 0.25) is 0 Å². The minimum Gasteiger partial charge on any atom is -0.341 e. The Morgan fingerprint density at radius 3 is 2.89 bits per heavy atom. The topological polar surface area (TPSA) is 16.1 Å². The van der Waals surface area contributed by atoms with E-state index >= 15 is 0 Å². The van der Waals surface area contributed by atoms with E-state index in [1.165, 1.54) is 29.9 Å². The molecule has 0 saturated heterocycles. The second-order valence-corrected chi connectivity index (χ2v) is 4.57. The summed E-state index contributed by atoms with van der Waals surface area (Å²) in [7, 11) is 0. The molecule has 92 valence electrons. The van der Waals surface area contributed by atoms with Crippen molar-refractivity contribution in [1.29, 1.82) is 0 Å². The van der Waals surface area contributed by atoms with Crippen molar-refractivity contribution >= 4 is 11.4 Å². The molecule has 2 heterocycles. The van der Waals surface area contributed by atoms with Crippen molar-refractivity contribution in [3.8, 4) is 0 Å². The molecule has 0 aliphatic carbocycles. The third kappa shape index (κ3) is 2.08. The fraction of sp³-hybridized carbons (Fsp3) is 0.267. The maximum Gasteiger partial charge on any atom is 0.214 e. The van der Waals surface area contributed by atoms with Gasteiger partial charge in [-0.2, -0.15) is 4.39 Å². The number of aromatic nitrogens is 1. The Morgan fingerprint density at radius 1 is 1.11 bits per heavy atom. The minimum atomic E-state index is -0.422. The first-order valence-corrected chi connectivity index (χ1v) is 6.31. The minimum absolute atomic E-state index is 0.422. The van der Waals surface area contributed by atoms with Gasteiger partial charge in [-0.3, -0.25) is 0 Å². The molecule has 1 aromatic carbocycles. The second kappa shape index (κ2) is 4.77. The van der Waals surface area contributed by atoms with Crippen LogP contribution in [-0.4, -0.2) is 11.5 Å². The van der Waals surface area contributed by atoms with Gasteiger partial charge >= 0.3 is 0 Å². The van der Waals surface area contributed by atoms with Crippen LogP contribution in [0.1, 0.15) is 18.4 Å². The summed E-state index contributed by atoms with van der Waals surface area (Å²) in [6, 6.07) is 11.7. The molecule has 0 fully saturated rings. The first kappa shape index (κ1) is 11.2. The molecule has 1 aliphatic rings. The SMILES string of the molecule is Fc1cc(N2CCCCc3ccccc32)ccn1. The Balaban J connectivity index is 2.06. The van der Waals surface area contributed by atoms with E-state index in [4.69, 9.17) is 0 Å². The fourth-order valence-corrected chi connectivity index (χ4v) is 2.52. The van der Waals surface area contributed by atoms with Gasteiger partial charge in [-0.05, 0) is 37.0 Å². The van der Waals surface area contributed by atoms with Crippen LogP contribution >= 0.6 is 0 Å². The first-order valence-electron chi connectivity index (χ1n) is 6.31. The van der Waals surface area contributed by atoms with Gasteiger partial charge < -0.3 is 4.90 Å². The Labute approximate surface area is 106 Å². The molecule has 2 nitrogen and oxygen atoms in total. The number of nitrogens with zero attached hydrogens (tertiary/aromatic N) is 2. The molecule has 3 rings (SSSR count). The van der Waals surface area contributed by atoms with Crippen LogP contribution in [0.15, 0.2) is 42.6 Å². The molecule has 0 unspecified atom stereocenters. The molecule has 0 atom stereocenters. The summed E-state index contributed by atoms with van der Waals surface area (Å²) in [5, 5.41) is 0. The van der Waals surface area contributed by atoms with Gasteiger partial charge in [-0.25, -0.2) is 4.98 Å². The van der Waals surface area contributed by atoms with Crippen LogP contribution in [-0.2, 0) is 6.42 Å². The van der Waals surface area contributed by atoms with Crippen LogP contribution in [0.4, 0.5) is 15.8 Å². The zero-order valence-electron chi connectivity index (χ0n) is 10.1. The molecule has 0 spiro atoms. The average molecular weight is 242 g/mol. The maximum absolute atomic E-state index is 13.3. The second-order valence-electron chi connectivity index (χ2n) is 4.57. The van der Waals surface area contributed by atoms with E-state index in [1.807, 2.05) is 12.1 Å². The van der Waals surface area contributed by atoms with Crippen LogP contribution in [0.3, 0.4) is 0 Å². The van der Waals surface area contributed by atoms with E-state index < -0.39 is 5.95 Å². The molecule has 0 N–H and O–H groups in total. The zero-order valence-corrected chi connectivity index (χ0v) is 10.1. The van der Waals surface area contributed by atoms with Crippen molar-refractivity contribution in [2.75, 3.05) is 11.4 Å². The van der Waals surface area contributed by atoms with E-state index in [2.05, 4.69) is 28.1 Å². The summed E-state index contributed by atoms with van der Waals surface area (Å²) < 4.78 is 13.3. The molecule has 1 aromatic heterocycles. The number of rotatable bonds is 1. The molecule has 0 radical (unpaired) electrons. The fourth-order valence-electron chi connectivity index (χ4n) is 2.52. The number of halogens is 1. The van der Waals surface area contributed by atoms with E-state index in [1.54, 1.807) is 0 Å². The molecule has 0 bridgehead atoms. The highest BCUT2D eigenvalue weighted by Crippen LogP contribution is 2.32. The number of pyridine rings is 1. The number of benzene rings is 1. The highest BCUT2D eigenvalue weighted by atomic mass is 19.1. The molecule has 18 heavy (non-hydrogen) atoms. The van der Waals surface area contributed by atoms with E-state index in [9.17, 15) is 4.39 Å². The lowest BCUT2D eigenvalue weighted by Crippen LogP contribution is -2.18. The Hall–Kier alpha value is -1.90. The zero-order chi connectivity index (χ0) is 12.4. The van der Waals surface area contributed by atoms with Gasteiger partial charge in [0.15, 0.2) is 0 Å². The molecule has 0 saturated carbocycles. The van der Waals surface area contributed by atoms with Crippen molar-refractivity contribution in [1.82, 2.24) is 4.98 Å². The molecule has 3 heteroatoms. The van der Waals surface area contributed by atoms with E-state index in [0.29, 0.717) is 0 Å². The van der Waals surface area contributed by atoms with E-state index in [-0.39, 0.29) is 0 Å². The van der Waals surface area contributed by atoms with Crippen LogP contribution in [0.25, 0.3) is 0 Å². The normalized spacial score (nSPS) is 15.1. The Bertz CT molecular complexity index is 554. The number of aryl methyl sites for hydroxylation is 1. The highest BCUT2D eigenvalue weighted by molar-refractivity contribution is 5.66. The van der Waals surface area contributed by atoms with Gasteiger partial charge in [-0.15, -0.1) is 0 Å². The predicted molar refractivity (Wildman–Crippen MR) is 70.6 cm³/mol. The summed E-state index contributed by atoms with van der Waals surface area (Å²) in [4.78, 5) is 5.81. The summed E-state index contributed by atoms with van der Waals surface area (Å²) >= 11 is 0. The standard InChI is InChI=1S/C15H15FN2/c16-15-11-13(8-9-17-15)18-10-4-3-6-12-5-1-2-7-14(12)18/h1-2,5,7-9,11H,3-4,6,10H2. The Morgan fingerprint density at radius 2 is 2.00 bits per heavy atom. The van der Waals surface area contributed by atoms with Gasteiger partial charge in [0, 0.05) is 30.2 Å². The smallest absolute Gasteiger partial charge is 0.214 e. The highest BCUT2D eigenvalue weighted by Gasteiger charge is 2.16. The van der Waals surface area contributed by atoms with Crippen LogP contribution < -0.4 is 4.90 Å². The third-order valence-corrected chi connectivity index (χ3v) is 3.38.